The Morgan fingerprint density at radius 3 is 2.30 bits per heavy atom. The summed E-state index contributed by atoms with van der Waals surface area (Å²) < 4.78 is 5.73. The van der Waals surface area contributed by atoms with E-state index in [1.165, 1.54) is 6.07 Å². The second-order valence-electron chi connectivity index (χ2n) is 4.70. The first-order valence-electron chi connectivity index (χ1n) is 6.66. The average molecular weight is 420 g/mol. The van der Waals surface area contributed by atoms with Crippen LogP contribution in [0.5, 0.6) is 0 Å². The van der Waals surface area contributed by atoms with E-state index in [1.807, 2.05) is 0 Å². The van der Waals surface area contributed by atoms with Gasteiger partial charge < -0.3 is 15.1 Å². The number of carbonyl (C=O) groups excluding carboxylic acids is 2. The number of hydrogen-bond acceptors (Lipinski definition) is 3. The molecule has 122 valence electrons. The summed E-state index contributed by atoms with van der Waals surface area (Å²) in [5.41, 5.74) is 1.13. The first kappa shape index (κ1) is 17.8. The highest BCUT2D eigenvalue weighted by atomic mass is 79.9. The van der Waals surface area contributed by atoms with Crippen molar-refractivity contribution in [2.45, 2.75) is 6.92 Å². The van der Waals surface area contributed by atoms with Crippen molar-refractivity contribution in [3.8, 4) is 0 Å². The Morgan fingerprint density at radius 2 is 1.74 bits per heavy atom. The molecule has 1 aromatic carbocycles. The first-order valence-corrected chi connectivity index (χ1v) is 8.20. The maximum absolute atomic E-state index is 11.9. The summed E-state index contributed by atoms with van der Waals surface area (Å²) in [7, 11) is 0. The molecule has 5 nitrogen and oxygen atoms in total. The maximum Gasteiger partial charge on any atom is 0.287 e. The van der Waals surface area contributed by atoms with Crippen LogP contribution in [-0.2, 0) is 0 Å². The summed E-state index contributed by atoms with van der Waals surface area (Å²) in [5, 5.41) is 6.04. The van der Waals surface area contributed by atoms with Crippen LogP contribution in [0.15, 0.2) is 33.4 Å². The number of carbonyl (C=O) groups is 2. The van der Waals surface area contributed by atoms with Crippen LogP contribution >= 0.6 is 39.1 Å². The third kappa shape index (κ3) is 4.73. The number of nitrogens with one attached hydrogen (secondary N) is 2. The highest BCUT2D eigenvalue weighted by Gasteiger charge is 2.14. The van der Waals surface area contributed by atoms with E-state index in [4.69, 9.17) is 27.6 Å². The molecule has 0 saturated heterocycles. The number of amides is 2. The zero-order valence-corrected chi connectivity index (χ0v) is 15.2. The van der Waals surface area contributed by atoms with Gasteiger partial charge >= 0.3 is 0 Å². The highest BCUT2D eigenvalue weighted by molar-refractivity contribution is 9.10. The van der Waals surface area contributed by atoms with Gasteiger partial charge in [0.1, 0.15) is 0 Å². The summed E-state index contributed by atoms with van der Waals surface area (Å²) in [6.07, 6.45) is 0. The molecular formula is C15H13BrCl2N2O3. The molecule has 1 heterocycles. The smallest absolute Gasteiger partial charge is 0.287 e. The quantitative estimate of drug-likeness (QED) is 0.723. The standard InChI is InChI=1S/C15H13BrCl2N2O3/c1-8-6-12(16)23-13(8)15(22)20-5-4-19-14(21)9-2-3-10(17)11(18)7-9/h2-3,6-7H,4-5H2,1H3,(H,19,21)(H,20,22). The Morgan fingerprint density at radius 1 is 1.09 bits per heavy atom. The van der Waals surface area contributed by atoms with E-state index < -0.39 is 0 Å². The molecule has 2 amide bonds. The molecule has 23 heavy (non-hydrogen) atoms. The third-order valence-electron chi connectivity index (χ3n) is 2.97. The minimum Gasteiger partial charge on any atom is -0.444 e. The normalized spacial score (nSPS) is 10.4. The highest BCUT2D eigenvalue weighted by Crippen LogP contribution is 2.22. The van der Waals surface area contributed by atoms with Gasteiger partial charge in [0, 0.05) is 24.2 Å². The van der Waals surface area contributed by atoms with E-state index in [-0.39, 0.29) is 30.7 Å². The monoisotopic (exact) mass is 418 g/mol. The number of rotatable bonds is 5. The van der Waals surface area contributed by atoms with E-state index in [9.17, 15) is 9.59 Å². The Hall–Kier alpha value is -1.50. The molecule has 0 saturated carbocycles. The van der Waals surface area contributed by atoms with Crippen LogP contribution in [0.1, 0.15) is 26.5 Å². The summed E-state index contributed by atoms with van der Waals surface area (Å²) in [6.45, 7) is 2.31. The van der Waals surface area contributed by atoms with E-state index in [0.29, 0.717) is 20.3 Å². The van der Waals surface area contributed by atoms with Crippen molar-refractivity contribution in [1.29, 1.82) is 0 Å². The van der Waals surface area contributed by atoms with Crippen molar-refractivity contribution in [3.05, 3.63) is 55.9 Å². The fourth-order valence-corrected chi connectivity index (χ4v) is 2.64. The summed E-state index contributed by atoms with van der Waals surface area (Å²) >= 11 is 14.8. The lowest BCUT2D eigenvalue weighted by molar-refractivity contribution is 0.0909. The van der Waals surface area contributed by atoms with Crippen LogP contribution in [0, 0.1) is 6.92 Å². The second kappa shape index (κ2) is 7.86. The average Bonchev–Trinajstić information content (AvgIpc) is 2.84. The molecule has 0 radical (unpaired) electrons. The van der Waals surface area contributed by atoms with Gasteiger partial charge in [0.05, 0.1) is 10.0 Å². The van der Waals surface area contributed by atoms with Gasteiger partial charge in [-0.15, -0.1) is 0 Å². The van der Waals surface area contributed by atoms with Gasteiger partial charge in [-0.05, 0) is 47.1 Å². The zero-order valence-electron chi connectivity index (χ0n) is 12.1. The van der Waals surface area contributed by atoms with Gasteiger partial charge in [-0.3, -0.25) is 9.59 Å². The fourth-order valence-electron chi connectivity index (χ4n) is 1.84. The molecule has 0 unspecified atom stereocenters. The summed E-state index contributed by atoms with van der Waals surface area (Å²) in [5.74, 6) is -0.389. The molecule has 8 heteroatoms. The van der Waals surface area contributed by atoms with Gasteiger partial charge in [0.25, 0.3) is 11.8 Å². The van der Waals surface area contributed by atoms with Crippen LogP contribution in [-0.4, -0.2) is 24.9 Å². The van der Waals surface area contributed by atoms with Gasteiger partial charge in [-0.1, -0.05) is 23.2 Å². The molecule has 0 fully saturated rings. The van der Waals surface area contributed by atoms with E-state index in [2.05, 4.69) is 26.6 Å². The second-order valence-corrected chi connectivity index (χ2v) is 6.30. The molecule has 2 aromatic rings. The lowest BCUT2D eigenvalue weighted by atomic mass is 10.2. The first-order chi connectivity index (χ1) is 10.9. The molecule has 0 aliphatic heterocycles. The Labute approximate surface area is 151 Å². The van der Waals surface area contributed by atoms with Crippen molar-refractivity contribution >= 4 is 50.9 Å². The molecule has 1 aromatic heterocycles. The Kier molecular flexibility index (Phi) is 6.10. The number of benzene rings is 1. The molecule has 0 aliphatic rings. The van der Waals surface area contributed by atoms with Crippen molar-refractivity contribution < 1.29 is 14.0 Å². The molecule has 2 N–H and O–H groups in total. The molecule has 0 aliphatic carbocycles. The van der Waals surface area contributed by atoms with Crippen molar-refractivity contribution in [2.75, 3.05) is 13.1 Å². The number of furan rings is 1. The van der Waals surface area contributed by atoms with Crippen LogP contribution in [0.3, 0.4) is 0 Å². The van der Waals surface area contributed by atoms with Crippen molar-refractivity contribution in [2.24, 2.45) is 0 Å². The number of hydrogen-bond donors (Lipinski definition) is 2. The lowest BCUT2D eigenvalue weighted by Gasteiger charge is -2.07. The largest absolute Gasteiger partial charge is 0.444 e. The number of aryl methyl sites for hydroxylation is 1. The fraction of sp³-hybridized carbons (Fsp3) is 0.200. The topological polar surface area (TPSA) is 71.3 Å². The Balaban J connectivity index is 1.81. The number of halogens is 3. The molecule has 0 bridgehead atoms. The van der Waals surface area contributed by atoms with E-state index in [1.54, 1.807) is 25.1 Å². The Bertz CT molecular complexity index is 746. The summed E-state index contributed by atoms with van der Waals surface area (Å²) in [4.78, 5) is 23.8. The van der Waals surface area contributed by atoms with Gasteiger partial charge in [0.15, 0.2) is 10.4 Å². The van der Waals surface area contributed by atoms with Crippen LogP contribution in [0.2, 0.25) is 10.0 Å². The molecule has 0 spiro atoms. The van der Waals surface area contributed by atoms with Gasteiger partial charge in [0.2, 0.25) is 0 Å². The molecule has 2 rings (SSSR count). The minimum absolute atomic E-state index is 0.243. The third-order valence-corrected chi connectivity index (χ3v) is 4.10. The minimum atomic E-state index is -0.336. The maximum atomic E-state index is 11.9. The van der Waals surface area contributed by atoms with Gasteiger partial charge in [-0.25, -0.2) is 0 Å². The van der Waals surface area contributed by atoms with Crippen LogP contribution in [0.25, 0.3) is 0 Å². The zero-order chi connectivity index (χ0) is 17.0. The predicted octanol–water partition coefficient (Wildman–Crippen LogP) is 3.82. The van der Waals surface area contributed by atoms with Gasteiger partial charge in [-0.2, -0.15) is 0 Å². The molecule has 0 atom stereocenters. The van der Waals surface area contributed by atoms with E-state index >= 15 is 0 Å². The molecular weight excluding hydrogens is 407 g/mol. The van der Waals surface area contributed by atoms with E-state index in [0.717, 1.165) is 5.56 Å². The van der Waals surface area contributed by atoms with Crippen molar-refractivity contribution in [1.82, 2.24) is 10.6 Å². The lowest BCUT2D eigenvalue weighted by Crippen LogP contribution is -2.34. The predicted molar refractivity (Wildman–Crippen MR) is 92.3 cm³/mol. The van der Waals surface area contributed by atoms with Crippen molar-refractivity contribution in [3.63, 3.8) is 0 Å². The SMILES string of the molecule is Cc1cc(Br)oc1C(=O)NCCNC(=O)c1ccc(Cl)c(Cl)c1. The van der Waals surface area contributed by atoms with Crippen LogP contribution < -0.4 is 10.6 Å². The van der Waals surface area contributed by atoms with Crippen LogP contribution in [0.4, 0.5) is 0 Å². The summed E-state index contributed by atoms with van der Waals surface area (Å²) in [6, 6.07) is 6.33.